The van der Waals surface area contributed by atoms with Crippen LogP contribution in [0.2, 0.25) is 0 Å². The van der Waals surface area contributed by atoms with Crippen LogP contribution in [-0.4, -0.2) is 37.5 Å². The lowest BCUT2D eigenvalue weighted by molar-refractivity contribution is -0.384. The summed E-state index contributed by atoms with van der Waals surface area (Å²) in [4.78, 5) is 37.1. The van der Waals surface area contributed by atoms with Gasteiger partial charge in [-0.05, 0) is 36.1 Å². The van der Waals surface area contributed by atoms with Gasteiger partial charge < -0.3 is 9.73 Å². The Balaban J connectivity index is 1.34. The zero-order valence-electron chi connectivity index (χ0n) is 16.3. The number of hydrogen-bond donors (Lipinski definition) is 1. The standard InChI is InChI=1S/C21H17N5O5/c27-19-21(10-9-13-3-1-2-4-15(13)11-21)22-20(28)25(19)12-17-23-24-18(31-17)14-5-7-16(8-6-14)26(29)30/h1-8H,9-12H2,(H,22,28). The maximum atomic E-state index is 13.2. The summed E-state index contributed by atoms with van der Waals surface area (Å²) < 4.78 is 5.59. The highest BCUT2D eigenvalue weighted by Gasteiger charge is 2.52. The predicted molar refractivity (Wildman–Crippen MR) is 107 cm³/mol. The van der Waals surface area contributed by atoms with Crippen LogP contribution in [0.1, 0.15) is 23.4 Å². The molecule has 3 aromatic rings. The van der Waals surface area contributed by atoms with Crippen LogP contribution >= 0.6 is 0 Å². The number of urea groups is 1. The molecule has 2 aliphatic rings. The molecule has 1 N–H and O–H groups in total. The summed E-state index contributed by atoms with van der Waals surface area (Å²) in [7, 11) is 0. The van der Waals surface area contributed by atoms with Gasteiger partial charge in [0.25, 0.3) is 11.6 Å². The maximum absolute atomic E-state index is 13.2. The summed E-state index contributed by atoms with van der Waals surface area (Å²) in [5.41, 5.74) is 1.75. The van der Waals surface area contributed by atoms with Crippen molar-refractivity contribution in [3.05, 3.63) is 75.7 Å². The molecule has 1 aliphatic heterocycles. The van der Waals surface area contributed by atoms with Crippen LogP contribution < -0.4 is 5.32 Å². The molecule has 2 heterocycles. The Hall–Kier alpha value is -4.08. The van der Waals surface area contributed by atoms with E-state index in [0.717, 1.165) is 10.5 Å². The third kappa shape index (κ3) is 3.21. The number of rotatable bonds is 4. The van der Waals surface area contributed by atoms with Gasteiger partial charge in [-0.1, -0.05) is 24.3 Å². The first-order chi connectivity index (χ1) is 14.9. The molecule has 10 nitrogen and oxygen atoms in total. The first-order valence-corrected chi connectivity index (χ1v) is 9.73. The van der Waals surface area contributed by atoms with E-state index in [0.29, 0.717) is 24.8 Å². The number of nitro groups is 1. The van der Waals surface area contributed by atoms with Crippen molar-refractivity contribution >= 4 is 17.6 Å². The second-order valence-electron chi connectivity index (χ2n) is 7.65. The van der Waals surface area contributed by atoms with Gasteiger partial charge in [-0.2, -0.15) is 0 Å². The zero-order valence-corrected chi connectivity index (χ0v) is 16.3. The Bertz CT molecular complexity index is 1200. The van der Waals surface area contributed by atoms with E-state index < -0.39 is 16.5 Å². The predicted octanol–water partition coefficient (Wildman–Crippen LogP) is 2.62. The summed E-state index contributed by atoms with van der Waals surface area (Å²) in [6.07, 6.45) is 1.69. The minimum Gasteiger partial charge on any atom is -0.419 e. The van der Waals surface area contributed by atoms with Gasteiger partial charge in [0.05, 0.1) is 4.92 Å². The number of aryl methyl sites for hydroxylation is 1. The Morgan fingerprint density at radius 3 is 2.58 bits per heavy atom. The second-order valence-corrected chi connectivity index (χ2v) is 7.65. The summed E-state index contributed by atoms with van der Waals surface area (Å²) in [6.45, 7) is -0.145. The van der Waals surface area contributed by atoms with E-state index in [4.69, 9.17) is 4.42 Å². The largest absolute Gasteiger partial charge is 0.419 e. The van der Waals surface area contributed by atoms with Crippen molar-refractivity contribution in [3.63, 3.8) is 0 Å². The number of nitrogens with zero attached hydrogens (tertiary/aromatic N) is 4. The fraction of sp³-hybridized carbons (Fsp3) is 0.238. The number of carbonyl (C=O) groups is 2. The lowest BCUT2D eigenvalue weighted by Crippen LogP contribution is -2.51. The molecular formula is C21H17N5O5. The van der Waals surface area contributed by atoms with Crippen LogP contribution in [0.4, 0.5) is 10.5 Å². The van der Waals surface area contributed by atoms with E-state index in [9.17, 15) is 19.7 Å². The maximum Gasteiger partial charge on any atom is 0.325 e. The molecule has 5 rings (SSSR count). The molecule has 1 atom stereocenters. The molecule has 0 saturated carbocycles. The molecule has 1 aromatic heterocycles. The lowest BCUT2D eigenvalue weighted by Gasteiger charge is -2.32. The van der Waals surface area contributed by atoms with E-state index in [1.54, 1.807) is 0 Å². The fourth-order valence-corrected chi connectivity index (χ4v) is 4.14. The number of imide groups is 1. The molecule has 1 fully saturated rings. The highest BCUT2D eigenvalue weighted by atomic mass is 16.6. The van der Waals surface area contributed by atoms with Gasteiger partial charge in [0.15, 0.2) is 0 Å². The summed E-state index contributed by atoms with van der Waals surface area (Å²) in [5.74, 6) is -0.0505. The van der Waals surface area contributed by atoms with Crippen LogP contribution in [0.15, 0.2) is 52.9 Å². The van der Waals surface area contributed by atoms with Crippen molar-refractivity contribution in [2.75, 3.05) is 0 Å². The first-order valence-electron chi connectivity index (χ1n) is 9.73. The first kappa shape index (κ1) is 18.9. The molecule has 1 spiro atoms. The van der Waals surface area contributed by atoms with Crippen molar-refractivity contribution in [1.82, 2.24) is 20.4 Å². The van der Waals surface area contributed by atoms with Crippen LogP contribution in [-0.2, 0) is 24.2 Å². The average Bonchev–Trinajstić information content (AvgIpc) is 3.33. The minimum atomic E-state index is -0.952. The SMILES string of the molecule is O=C1NC2(CCc3ccccc3C2)C(=O)N1Cc1nnc(-c2ccc([N+](=O)[O-])cc2)o1. The van der Waals surface area contributed by atoms with Crippen molar-refractivity contribution in [2.45, 2.75) is 31.3 Å². The van der Waals surface area contributed by atoms with Crippen molar-refractivity contribution in [2.24, 2.45) is 0 Å². The van der Waals surface area contributed by atoms with Crippen LogP contribution in [0.5, 0.6) is 0 Å². The summed E-state index contributed by atoms with van der Waals surface area (Å²) in [5, 5.41) is 21.5. The van der Waals surface area contributed by atoms with Gasteiger partial charge in [-0.15, -0.1) is 10.2 Å². The number of nitro benzene ring substituents is 1. The van der Waals surface area contributed by atoms with Crippen molar-refractivity contribution < 1.29 is 18.9 Å². The van der Waals surface area contributed by atoms with E-state index in [1.807, 2.05) is 24.3 Å². The number of hydrogen-bond acceptors (Lipinski definition) is 7. The van der Waals surface area contributed by atoms with Gasteiger partial charge in [0, 0.05) is 24.1 Å². The smallest absolute Gasteiger partial charge is 0.325 e. The number of amides is 3. The van der Waals surface area contributed by atoms with Crippen LogP contribution in [0.25, 0.3) is 11.5 Å². The third-order valence-electron chi connectivity index (χ3n) is 5.76. The van der Waals surface area contributed by atoms with Crippen molar-refractivity contribution in [1.29, 1.82) is 0 Å². The lowest BCUT2D eigenvalue weighted by atomic mass is 9.78. The normalized spacial score (nSPS) is 20.1. The molecule has 10 heteroatoms. The highest BCUT2D eigenvalue weighted by molar-refractivity contribution is 6.07. The highest BCUT2D eigenvalue weighted by Crippen LogP contribution is 2.34. The molecule has 2 aromatic carbocycles. The molecule has 31 heavy (non-hydrogen) atoms. The number of aromatic nitrogens is 2. The summed E-state index contributed by atoms with van der Waals surface area (Å²) >= 11 is 0. The number of carbonyl (C=O) groups excluding carboxylic acids is 2. The quantitative estimate of drug-likeness (QED) is 0.391. The Morgan fingerprint density at radius 1 is 1.10 bits per heavy atom. The molecule has 1 aliphatic carbocycles. The molecule has 0 radical (unpaired) electrons. The van der Waals surface area contributed by atoms with E-state index >= 15 is 0 Å². The number of nitrogens with one attached hydrogen (secondary N) is 1. The minimum absolute atomic E-state index is 0.0535. The van der Waals surface area contributed by atoms with Gasteiger partial charge >= 0.3 is 6.03 Å². The van der Waals surface area contributed by atoms with Crippen LogP contribution in [0.3, 0.4) is 0 Å². The number of fused-ring (bicyclic) bond motifs is 1. The fourth-order valence-electron chi connectivity index (χ4n) is 4.14. The molecule has 1 unspecified atom stereocenters. The second kappa shape index (κ2) is 7.01. The molecule has 156 valence electrons. The molecular weight excluding hydrogens is 402 g/mol. The molecule has 1 saturated heterocycles. The van der Waals surface area contributed by atoms with E-state index in [2.05, 4.69) is 15.5 Å². The van der Waals surface area contributed by atoms with E-state index in [-0.39, 0.29) is 29.9 Å². The number of benzene rings is 2. The summed E-state index contributed by atoms with van der Waals surface area (Å²) in [6, 6.07) is 13.1. The van der Waals surface area contributed by atoms with Gasteiger partial charge in [-0.3, -0.25) is 19.8 Å². The van der Waals surface area contributed by atoms with E-state index in [1.165, 1.54) is 29.8 Å². The Kier molecular flexibility index (Phi) is 4.28. The number of non-ortho nitro benzene ring substituents is 1. The Morgan fingerprint density at radius 2 is 1.84 bits per heavy atom. The third-order valence-corrected chi connectivity index (χ3v) is 5.76. The van der Waals surface area contributed by atoms with Gasteiger partial charge in [0.2, 0.25) is 11.8 Å². The average molecular weight is 419 g/mol. The van der Waals surface area contributed by atoms with Crippen LogP contribution in [0, 0.1) is 10.1 Å². The molecule has 0 bridgehead atoms. The van der Waals surface area contributed by atoms with Crippen molar-refractivity contribution in [3.8, 4) is 11.5 Å². The monoisotopic (exact) mass is 419 g/mol. The Labute approximate surface area is 176 Å². The van der Waals surface area contributed by atoms with Gasteiger partial charge in [-0.25, -0.2) is 4.79 Å². The van der Waals surface area contributed by atoms with Gasteiger partial charge in [0.1, 0.15) is 12.1 Å². The zero-order chi connectivity index (χ0) is 21.6. The topological polar surface area (TPSA) is 131 Å². The molecule has 3 amide bonds.